The number of amides is 2. The molecular weight excluding hydrogens is 286 g/mol. The second-order valence-corrected chi connectivity index (χ2v) is 7.62. The van der Waals surface area contributed by atoms with E-state index in [4.69, 9.17) is 0 Å². The van der Waals surface area contributed by atoms with Crippen molar-refractivity contribution < 1.29 is 9.59 Å². The van der Waals surface area contributed by atoms with E-state index in [2.05, 4.69) is 13.8 Å². The normalized spacial score (nSPS) is 29.3. The summed E-state index contributed by atoms with van der Waals surface area (Å²) in [5.41, 5.74) is -0.0168. The quantitative estimate of drug-likeness (QED) is 0.742. The van der Waals surface area contributed by atoms with Crippen LogP contribution in [0.1, 0.15) is 33.6 Å². The molecule has 2 aliphatic rings. The number of benzene rings is 2. The van der Waals surface area contributed by atoms with Gasteiger partial charge in [-0.25, -0.2) is 4.90 Å². The molecule has 3 heteroatoms. The highest BCUT2D eigenvalue weighted by atomic mass is 16.2. The topological polar surface area (TPSA) is 37.4 Å². The fraction of sp³-hybridized carbons (Fsp3) is 0.400. The average Bonchev–Trinajstić information content (AvgIpc) is 2.72. The molecule has 23 heavy (non-hydrogen) atoms. The van der Waals surface area contributed by atoms with Crippen LogP contribution in [0, 0.1) is 16.7 Å². The minimum Gasteiger partial charge on any atom is -0.274 e. The molecule has 2 aromatic carbocycles. The Labute approximate surface area is 136 Å². The lowest BCUT2D eigenvalue weighted by molar-refractivity contribution is -0.146. The van der Waals surface area contributed by atoms with Gasteiger partial charge in [-0.2, -0.15) is 0 Å². The van der Waals surface area contributed by atoms with E-state index in [1.54, 1.807) is 0 Å². The van der Waals surface area contributed by atoms with Gasteiger partial charge in [0, 0.05) is 11.3 Å². The van der Waals surface area contributed by atoms with Crippen molar-refractivity contribution in [2.45, 2.75) is 33.6 Å². The van der Waals surface area contributed by atoms with Crippen LogP contribution in [0.25, 0.3) is 10.8 Å². The first-order valence-corrected chi connectivity index (χ1v) is 8.24. The summed E-state index contributed by atoms with van der Waals surface area (Å²) in [6.07, 6.45) is 1.59. The molecule has 1 saturated heterocycles. The number of hydrogen-bond donors (Lipinski definition) is 0. The molecule has 1 heterocycles. The van der Waals surface area contributed by atoms with Crippen molar-refractivity contribution in [3.63, 3.8) is 0 Å². The molecule has 1 saturated carbocycles. The fourth-order valence-electron chi connectivity index (χ4n) is 4.45. The summed E-state index contributed by atoms with van der Waals surface area (Å²) in [6.45, 7) is 6.17. The SMILES string of the molecule is CC1(C)[C@H]2CC[C@]1(C)C(=O)N(c1cccc3ccccc13)C2=O. The van der Waals surface area contributed by atoms with Crippen molar-refractivity contribution in [1.29, 1.82) is 0 Å². The third-order valence-corrected chi connectivity index (χ3v) is 6.43. The minimum absolute atomic E-state index is 0.0358. The van der Waals surface area contributed by atoms with Gasteiger partial charge >= 0.3 is 0 Å². The molecule has 0 radical (unpaired) electrons. The van der Waals surface area contributed by atoms with Crippen LogP contribution in [0.3, 0.4) is 0 Å². The summed E-state index contributed by atoms with van der Waals surface area (Å²) in [6, 6.07) is 13.7. The third-order valence-electron chi connectivity index (χ3n) is 6.43. The molecule has 2 fully saturated rings. The van der Waals surface area contributed by atoms with Gasteiger partial charge in [-0.05, 0) is 29.7 Å². The van der Waals surface area contributed by atoms with Crippen LogP contribution < -0.4 is 4.90 Å². The molecule has 0 spiro atoms. The lowest BCUT2D eigenvalue weighted by Crippen LogP contribution is -2.59. The number of carbonyl (C=O) groups excluding carboxylic acids is 2. The van der Waals surface area contributed by atoms with E-state index in [-0.39, 0.29) is 23.1 Å². The molecule has 2 aromatic rings. The van der Waals surface area contributed by atoms with E-state index in [1.165, 1.54) is 4.90 Å². The first-order chi connectivity index (χ1) is 10.9. The van der Waals surface area contributed by atoms with Crippen LogP contribution in [-0.4, -0.2) is 11.8 Å². The number of imide groups is 1. The van der Waals surface area contributed by atoms with Crippen LogP contribution in [-0.2, 0) is 9.59 Å². The molecule has 1 aliphatic heterocycles. The van der Waals surface area contributed by atoms with Crippen molar-refractivity contribution in [1.82, 2.24) is 0 Å². The van der Waals surface area contributed by atoms with Crippen molar-refractivity contribution in [3.8, 4) is 0 Å². The molecule has 3 nitrogen and oxygen atoms in total. The number of piperidine rings is 1. The Morgan fingerprint density at radius 2 is 1.70 bits per heavy atom. The van der Waals surface area contributed by atoms with E-state index < -0.39 is 5.41 Å². The lowest BCUT2D eigenvalue weighted by atomic mass is 9.62. The van der Waals surface area contributed by atoms with Crippen LogP contribution in [0.5, 0.6) is 0 Å². The van der Waals surface area contributed by atoms with Gasteiger partial charge in [0.05, 0.1) is 11.1 Å². The number of carbonyl (C=O) groups is 2. The molecular formula is C20H21NO2. The van der Waals surface area contributed by atoms with E-state index in [0.29, 0.717) is 0 Å². The summed E-state index contributed by atoms with van der Waals surface area (Å²) < 4.78 is 0. The van der Waals surface area contributed by atoms with Gasteiger partial charge in [0.15, 0.2) is 0 Å². The maximum absolute atomic E-state index is 13.3. The zero-order valence-corrected chi connectivity index (χ0v) is 13.8. The minimum atomic E-state index is -0.470. The number of rotatable bonds is 1. The second kappa shape index (κ2) is 4.44. The highest BCUT2D eigenvalue weighted by Gasteiger charge is 2.64. The molecule has 2 amide bonds. The van der Waals surface area contributed by atoms with Crippen molar-refractivity contribution in [2.75, 3.05) is 4.90 Å². The highest BCUT2D eigenvalue weighted by molar-refractivity contribution is 6.23. The zero-order valence-electron chi connectivity index (χ0n) is 13.8. The zero-order chi connectivity index (χ0) is 16.4. The van der Waals surface area contributed by atoms with Crippen molar-refractivity contribution >= 4 is 28.3 Å². The van der Waals surface area contributed by atoms with Crippen LogP contribution in [0.15, 0.2) is 42.5 Å². The number of fused-ring (bicyclic) bond motifs is 3. The number of nitrogens with zero attached hydrogens (tertiary/aromatic N) is 1. The van der Waals surface area contributed by atoms with Gasteiger partial charge in [0.2, 0.25) is 11.8 Å². The number of anilines is 1. The Bertz CT molecular complexity index is 833. The molecule has 2 atom stereocenters. The highest BCUT2D eigenvalue weighted by Crippen LogP contribution is 2.60. The molecule has 0 aromatic heterocycles. The Hall–Kier alpha value is -2.16. The smallest absolute Gasteiger partial charge is 0.240 e. The molecule has 0 N–H and O–H groups in total. The Morgan fingerprint density at radius 3 is 2.48 bits per heavy atom. The van der Waals surface area contributed by atoms with Gasteiger partial charge in [-0.15, -0.1) is 0 Å². The maximum Gasteiger partial charge on any atom is 0.240 e. The summed E-state index contributed by atoms with van der Waals surface area (Å²) in [5, 5.41) is 2.01. The first-order valence-electron chi connectivity index (χ1n) is 8.24. The molecule has 1 aliphatic carbocycles. The van der Waals surface area contributed by atoms with Crippen molar-refractivity contribution in [2.24, 2.45) is 16.7 Å². The van der Waals surface area contributed by atoms with E-state index in [0.717, 1.165) is 29.3 Å². The lowest BCUT2D eigenvalue weighted by Gasteiger charge is -2.47. The van der Waals surface area contributed by atoms with E-state index in [9.17, 15) is 9.59 Å². The summed E-state index contributed by atoms with van der Waals surface area (Å²) in [4.78, 5) is 27.8. The van der Waals surface area contributed by atoms with E-state index >= 15 is 0 Å². The van der Waals surface area contributed by atoms with E-state index in [1.807, 2.05) is 49.4 Å². The fourth-order valence-corrected chi connectivity index (χ4v) is 4.45. The summed E-state index contributed by atoms with van der Waals surface area (Å²) >= 11 is 0. The summed E-state index contributed by atoms with van der Waals surface area (Å²) in [5.74, 6) is -0.159. The molecule has 118 valence electrons. The summed E-state index contributed by atoms with van der Waals surface area (Å²) in [7, 11) is 0. The van der Waals surface area contributed by atoms with Crippen LogP contribution >= 0.6 is 0 Å². The predicted octanol–water partition coefficient (Wildman–Crippen LogP) is 4.16. The number of hydrogen-bond acceptors (Lipinski definition) is 2. The van der Waals surface area contributed by atoms with Gasteiger partial charge in [0.25, 0.3) is 0 Å². The molecule has 2 bridgehead atoms. The Morgan fingerprint density at radius 1 is 1.00 bits per heavy atom. The first kappa shape index (κ1) is 14.4. The maximum atomic E-state index is 13.3. The molecule has 0 unspecified atom stereocenters. The monoisotopic (exact) mass is 307 g/mol. The van der Waals surface area contributed by atoms with Gasteiger partial charge in [0.1, 0.15) is 0 Å². The van der Waals surface area contributed by atoms with Crippen LogP contribution in [0.4, 0.5) is 5.69 Å². The largest absolute Gasteiger partial charge is 0.274 e. The van der Waals surface area contributed by atoms with Gasteiger partial charge in [-0.3, -0.25) is 9.59 Å². The third kappa shape index (κ3) is 1.65. The van der Waals surface area contributed by atoms with Gasteiger partial charge in [-0.1, -0.05) is 57.2 Å². The van der Waals surface area contributed by atoms with Crippen molar-refractivity contribution in [3.05, 3.63) is 42.5 Å². The molecule has 4 rings (SSSR count). The predicted molar refractivity (Wildman–Crippen MR) is 91.1 cm³/mol. The van der Waals surface area contributed by atoms with Crippen LogP contribution in [0.2, 0.25) is 0 Å². The average molecular weight is 307 g/mol. The standard InChI is InChI=1S/C20H21NO2/c1-19(2)15-11-12-20(19,3)18(23)21(17(15)22)16-10-6-8-13-7-4-5-9-14(13)16/h4-10,15H,11-12H2,1-3H3/t15-,20+/m0/s1. The van der Waals surface area contributed by atoms with Gasteiger partial charge < -0.3 is 0 Å². The Kier molecular flexibility index (Phi) is 2.78. The second-order valence-electron chi connectivity index (χ2n) is 7.62. The Balaban J connectivity index is 1.93.